The Balaban J connectivity index is 2.20. The first kappa shape index (κ1) is 12.2. The molecule has 17 heavy (non-hydrogen) atoms. The topological polar surface area (TPSA) is 60.2 Å². The van der Waals surface area contributed by atoms with E-state index < -0.39 is 0 Å². The van der Waals surface area contributed by atoms with Crippen molar-refractivity contribution >= 4 is 39.2 Å². The quantitative estimate of drug-likeness (QED) is 0.876. The number of halogens is 2. The number of rotatable bonds is 4. The van der Waals surface area contributed by atoms with Crippen LogP contribution in [0.1, 0.15) is 5.89 Å². The average molecular weight is 319 g/mol. The van der Waals surface area contributed by atoms with Crippen LogP contribution in [0.4, 0.5) is 11.7 Å². The van der Waals surface area contributed by atoms with Crippen molar-refractivity contribution in [2.24, 2.45) is 0 Å². The summed E-state index contributed by atoms with van der Waals surface area (Å²) < 4.78 is 11.3. The fourth-order valence-electron chi connectivity index (χ4n) is 1.23. The zero-order chi connectivity index (χ0) is 12.3. The molecule has 0 radical (unpaired) electrons. The Morgan fingerprint density at radius 2 is 2.24 bits per heavy atom. The highest BCUT2D eigenvalue weighted by Gasteiger charge is 2.06. The highest BCUT2D eigenvalue weighted by molar-refractivity contribution is 9.10. The molecule has 0 amide bonds. The number of hydrogen-bond acceptors (Lipinski definition) is 5. The lowest BCUT2D eigenvalue weighted by molar-refractivity contribution is 0.414. The Hall–Kier alpha value is -1.27. The molecular weight excluding hydrogens is 309 g/mol. The number of benzene rings is 1. The molecule has 0 saturated carbocycles. The summed E-state index contributed by atoms with van der Waals surface area (Å²) in [5.41, 5.74) is 0.779. The molecular formula is C10H9BrClN3O2. The second kappa shape index (κ2) is 5.37. The van der Waals surface area contributed by atoms with Crippen LogP contribution >= 0.6 is 27.5 Å². The van der Waals surface area contributed by atoms with Crippen LogP contribution in [-0.4, -0.2) is 17.3 Å². The maximum atomic E-state index is 5.56. The van der Waals surface area contributed by atoms with Crippen LogP contribution in [0.2, 0.25) is 0 Å². The van der Waals surface area contributed by atoms with Gasteiger partial charge in [-0.25, -0.2) is 0 Å². The molecule has 5 nitrogen and oxygen atoms in total. The summed E-state index contributed by atoms with van der Waals surface area (Å²) in [7, 11) is 1.60. The summed E-state index contributed by atoms with van der Waals surface area (Å²) in [4.78, 5) is 0. The number of methoxy groups -OCH3 is 1. The fourth-order valence-corrected chi connectivity index (χ4v) is 1.81. The summed E-state index contributed by atoms with van der Waals surface area (Å²) in [5.74, 6) is 1.28. The van der Waals surface area contributed by atoms with Crippen molar-refractivity contribution in [2.45, 2.75) is 5.88 Å². The van der Waals surface area contributed by atoms with Crippen LogP contribution in [0.3, 0.4) is 0 Å². The first-order valence-corrected chi connectivity index (χ1v) is 6.04. The maximum absolute atomic E-state index is 5.56. The van der Waals surface area contributed by atoms with Gasteiger partial charge in [-0.1, -0.05) is 21.0 Å². The van der Waals surface area contributed by atoms with Gasteiger partial charge in [0.1, 0.15) is 11.6 Å². The fraction of sp³-hybridized carbons (Fsp3) is 0.200. The van der Waals surface area contributed by atoms with E-state index in [2.05, 4.69) is 31.4 Å². The van der Waals surface area contributed by atoms with Crippen molar-refractivity contribution in [1.29, 1.82) is 0 Å². The van der Waals surface area contributed by atoms with Crippen molar-refractivity contribution in [1.82, 2.24) is 10.2 Å². The highest BCUT2D eigenvalue weighted by atomic mass is 79.9. The standard InChI is InChI=1S/C10H9BrClN3O2/c1-16-8-3-6(11)2-7(4-8)13-10-15-14-9(5-12)17-10/h2-4H,5H2,1H3,(H,13,15). The monoisotopic (exact) mass is 317 g/mol. The number of nitrogens with zero attached hydrogens (tertiary/aromatic N) is 2. The van der Waals surface area contributed by atoms with Gasteiger partial charge in [0.15, 0.2) is 0 Å². The lowest BCUT2D eigenvalue weighted by atomic mass is 10.3. The Kier molecular flexibility index (Phi) is 3.86. The van der Waals surface area contributed by atoms with Gasteiger partial charge in [-0.2, -0.15) is 0 Å². The zero-order valence-electron chi connectivity index (χ0n) is 8.91. The normalized spacial score (nSPS) is 10.3. The third-order valence-corrected chi connectivity index (χ3v) is 2.63. The van der Waals surface area contributed by atoms with E-state index in [1.807, 2.05) is 18.2 Å². The number of nitrogens with one attached hydrogen (secondary N) is 1. The third-order valence-electron chi connectivity index (χ3n) is 1.94. The van der Waals surface area contributed by atoms with Crippen LogP contribution < -0.4 is 10.1 Å². The van der Waals surface area contributed by atoms with Crippen LogP contribution in [0.25, 0.3) is 0 Å². The minimum absolute atomic E-state index is 0.191. The van der Waals surface area contributed by atoms with Gasteiger partial charge in [-0.3, -0.25) is 0 Å². The van der Waals surface area contributed by atoms with E-state index in [4.69, 9.17) is 20.8 Å². The van der Waals surface area contributed by atoms with Crippen molar-refractivity contribution in [3.8, 4) is 5.75 Å². The molecule has 0 saturated heterocycles. The first-order valence-electron chi connectivity index (χ1n) is 4.71. The summed E-state index contributed by atoms with van der Waals surface area (Å²) in [5, 5.41) is 10.5. The van der Waals surface area contributed by atoms with Gasteiger partial charge in [0.2, 0.25) is 5.89 Å². The Bertz CT molecular complexity index is 518. The van der Waals surface area contributed by atoms with E-state index >= 15 is 0 Å². The average Bonchev–Trinajstić information content (AvgIpc) is 2.76. The molecule has 1 aromatic heterocycles. The largest absolute Gasteiger partial charge is 0.497 e. The molecule has 90 valence electrons. The van der Waals surface area contributed by atoms with E-state index in [1.54, 1.807) is 7.11 Å². The molecule has 1 N–H and O–H groups in total. The summed E-state index contributed by atoms with van der Waals surface area (Å²) >= 11 is 8.94. The predicted octanol–water partition coefficient (Wildman–Crippen LogP) is 3.32. The Morgan fingerprint density at radius 1 is 1.41 bits per heavy atom. The van der Waals surface area contributed by atoms with Gasteiger partial charge in [-0.05, 0) is 12.1 Å². The number of aromatic nitrogens is 2. The second-order valence-electron chi connectivity index (χ2n) is 3.14. The van der Waals surface area contributed by atoms with Crippen LogP contribution in [0.15, 0.2) is 27.1 Å². The number of ether oxygens (including phenoxy) is 1. The van der Waals surface area contributed by atoms with Crippen LogP contribution in [0, 0.1) is 0 Å². The van der Waals surface area contributed by atoms with E-state index in [1.165, 1.54) is 0 Å². The van der Waals surface area contributed by atoms with Gasteiger partial charge in [0.25, 0.3) is 0 Å². The Morgan fingerprint density at radius 3 is 2.88 bits per heavy atom. The van der Waals surface area contributed by atoms with Crippen molar-refractivity contribution in [2.75, 3.05) is 12.4 Å². The molecule has 1 heterocycles. The lowest BCUT2D eigenvalue weighted by Crippen LogP contribution is -1.92. The minimum Gasteiger partial charge on any atom is -0.497 e. The van der Waals surface area contributed by atoms with Gasteiger partial charge >= 0.3 is 6.01 Å². The number of hydrogen-bond donors (Lipinski definition) is 1. The van der Waals surface area contributed by atoms with Crippen LogP contribution in [0.5, 0.6) is 5.75 Å². The number of alkyl halides is 1. The van der Waals surface area contributed by atoms with E-state index in [0.29, 0.717) is 11.9 Å². The summed E-state index contributed by atoms with van der Waals surface area (Å²) in [6.45, 7) is 0. The smallest absolute Gasteiger partial charge is 0.320 e. The predicted molar refractivity (Wildman–Crippen MR) is 67.8 cm³/mol. The van der Waals surface area contributed by atoms with Gasteiger partial charge < -0.3 is 14.5 Å². The second-order valence-corrected chi connectivity index (χ2v) is 4.32. The zero-order valence-corrected chi connectivity index (χ0v) is 11.2. The minimum atomic E-state index is 0.191. The van der Waals surface area contributed by atoms with Gasteiger partial charge in [0.05, 0.1) is 7.11 Å². The molecule has 1 aromatic carbocycles. The van der Waals surface area contributed by atoms with Gasteiger partial charge in [0, 0.05) is 16.2 Å². The molecule has 0 aliphatic heterocycles. The van der Waals surface area contributed by atoms with E-state index in [-0.39, 0.29) is 5.88 Å². The number of anilines is 2. The molecule has 7 heteroatoms. The molecule has 0 unspecified atom stereocenters. The molecule has 0 spiro atoms. The molecule has 2 rings (SSSR count). The molecule has 0 aliphatic carbocycles. The van der Waals surface area contributed by atoms with E-state index in [0.717, 1.165) is 15.9 Å². The van der Waals surface area contributed by atoms with E-state index in [9.17, 15) is 0 Å². The molecule has 2 aromatic rings. The summed E-state index contributed by atoms with van der Waals surface area (Å²) in [6, 6.07) is 5.83. The van der Waals surface area contributed by atoms with Crippen molar-refractivity contribution < 1.29 is 9.15 Å². The molecule has 0 bridgehead atoms. The Labute approximate surface area is 111 Å². The van der Waals surface area contributed by atoms with Crippen LogP contribution in [-0.2, 0) is 5.88 Å². The molecule has 0 fully saturated rings. The van der Waals surface area contributed by atoms with Crippen molar-refractivity contribution in [3.63, 3.8) is 0 Å². The lowest BCUT2D eigenvalue weighted by Gasteiger charge is -2.05. The maximum Gasteiger partial charge on any atom is 0.320 e. The first-order chi connectivity index (χ1) is 8.21. The van der Waals surface area contributed by atoms with Gasteiger partial charge in [-0.15, -0.1) is 16.7 Å². The molecule has 0 aliphatic rings. The summed E-state index contributed by atoms with van der Waals surface area (Å²) in [6.07, 6.45) is 0. The SMILES string of the molecule is COc1cc(Br)cc(Nc2nnc(CCl)o2)c1. The third kappa shape index (κ3) is 3.10. The van der Waals surface area contributed by atoms with Crippen molar-refractivity contribution in [3.05, 3.63) is 28.6 Å². The highest BCUT2D eigenvalue weighted by Crippen LogP contribution is 2.26. The molecule has 0 atom stereocenters.